The zero-order valence-electron chi connectivity index (χ0n) is 16.6. The van der Waals surface area contributed by atoms with Crippen LogP contribution in [0.2, 0.25) is 5.02 Å². The molecule has 0 saturated carbocycles. The summed E-state index contributed by atoms with van der Waals surface area (Å²) in [6.45, 7) is 0. The first-order chi connectivity index (χ1) is 15.4. The van der Waals surface area contributed by atoms with Crippen molar-refractivity contribution in [3.63, 3.8) is 0 Å². The molecule has 2 heterocycles. The molecule has 32 heavy (non-hydrogen) atoms. The van der Waals surface area contributed by atoms with E-state index >= 15 is 0 Å². The van der Waals surface area contributed by atoms with Gasteiger partial charge in [0.2, 0.25) is 17.8 Å². The molecule has 1 aliphatic heterocycles. The van der Waals surface area contributed by atoms with Crippen LogP contribution in [-0.2, 0) is 9.59 Å². The summed E-state index contributed by atoms with van der Waals surface area (Å²) in [5.74, 6) is -0.349. The summed E-state index contributed by atoms with van der Waals surface area (Å²) in [4.78, 5) is 43.2. The van der Waals surface area contributed by atoms with Crippen molar-refractivity contribution in [2.75, 3.05) is 10.6 Å². The second-order valence-electron chi connectivity index (χ2n) is 7.11. The van der Waals surface area contributed by atoms with Crippen LogP contribution in [0, 0.1) is 11.3 Å². The fourth-order valence-corrected chi connectivity index (χ4v) is 3.43. The van der Waals surface area contributed by atoms with Gasteiger partial charge in [0, 0.05) is 28.4 Å². The standard InChI is InChI=1S/C22H17ClN6O3/c23-13-4-6-14(7-5-13)26-22-28-19(16(11-24)20(31)29-22)12-2-1-3-15(10-12)25-21(32)17-8-9-18(30)27-17/h1-7,10,17H,8-9H2,(H,25,32)(H,27,30)(H2,26,28,29,31). The van der Waals surface area contributed by atoms with Crippen LogP contribution in [0.4, 0.5) is 17.3 Å². The highest BCUT2D eigenvalue weighted by Gasteiger charge is 2.27. The van der Waals surface area contributed by atoms with Gasteiger partial charge in [0.15, 0.2) is 0 Å². The fraction of sp³-hybridized carbons (Fsp3) is 0.136. The molecule has 1 unspecified atom stereocenters. The first-order valence-corrected chi connectivity index (χ1v) is 10.1. The van der Waals surface area contributed by atoms with E-state index in [1.54, 1.807) is 48.5 Å². The maximum atomic E-state index is 12.5. The quantitative estimate of drug-likeness (QED) is 0.473. The Labute approximate surface area is 187 Å². The van der Waals surface area contributed by atoms with E-state index in [2.05, 4.69) is 25.9 Å². The van der Waals surface area contributed by atoms with Crippen molar-refractivity contribution in [1.82, 2.24) is 15.3 Å². The van der Waals surface area contributed by atoms with E-state index in [0.717, 1.165) is 0 Å². The van der Waals surface area contributed by atoms with Gasteiger partial charge in [-0.1, -0.05) is 23.7 Å². The Balaban J connectivity index is 1.64. The third-order valence-electron chi connectivity index (χ3n) is 4.85. The van der Waals surface area contributed by atoms with Gasteiger partial charge >= 0.3 is 0 Å². The summed E-state index contributed by atoms with van der Waals surface area (Å²) >= 11 is 5.90. The topological polar surface area (TPSA) is 140 Å². The minimum atomic E-state index is -0.600. The molecule has 0 radical (unpaired) electrons. The van der Waals surface area contributed by atoms with Gasteiger partial charge in [-0.15, -0.1) is 0 Å². The number of carbonyl (C=O) groups excluding carboxylic acids is 2. The minimum absolute atomic E-state index is 0.148. The van der Waals surface area contributed by atoms with Gasteiger partial charge in [-0.25, -0.2) is 4.98 Å². The van der Waals surface area contributed by atoms with Gasteiger partial charge in [-0.05, 0) is 42.8 Å². The van der Waals surface area contributed by atoms with Crippen LogP contribution in [0.5, 0.6) is 0 Å². The highest BCUT2D eigenvalue weighted by atomic mass is 35.5. The average Bonchev–Trinajstić information content (AvgIpc) is 3.22. The molecule has 10 heteroatoms. The molecule has 160 valence electrons. The summed E-state index contributed by atoms with van der Waals surface area (Å²) in [5, 5.41) is 18.4. The Hall–Kier alpha value is -4.16. The maximum absolute atomic E-state index is 12.5. The summed E-state index contributed by atoms with van der Waals surface area (Å²) in [7, 11) is 0. The van der Waals surface area contributed by atoms with Crippen molar-refractivity contribution < 1.29 is 9.59 Å². The van der Waals surface area contributed by atoms with E-state index in [1.165, 1.54) is 0 Å². The lowest BCUT2D eigenvalue weighted by Gasteiger charge is -2.13. The number of anilines is 3. The number of benzene rings is 2. The molecule has 0 bridgehead atoms. The largest absolute Gasteiger partial charge is 0.344 e. The van der Waals surface area contributed by atoms with Crippen molar-refractivity contribution in [3.8, 4) is 17.3 Å². The van der Waals surface area contributed by atoms with Gasteiger partial charge in [-0.3, -0.25) is 19.4 Å². The lowest BCUT2D eigenvalue weighted by molar-refractivity contribution is -0.122. The van der Waals surface area contributed by atoms with E-state index < -0.39 is 11.6 Å². The predicted molar refractivity (Wildman–Crippen MR) is 120 cm³/mol. The number of aromatic amines is 1. The van der Waals surface area contributed by atoms with Crippen LogP contribution in [0.25, 0.3) is 11.3 Å². The normalized spacial score (nSPS) is 15.0. The molecule has 4 N–H and O–H groups in total. The van der Waals surface area contributed by atoms with Gasteiger partial charge in [0.1, 0.15) is 17.7 Å². The number of aromatic nitrogens is 2. The third kappa shape index (κ3) is 4.61. The average molecular weight is 449 g/mol. The molecule has 2 aromatic carbocycles. The first-order valence-electron chi connectivity index (χ1n) is 9.70. The number of hydrogen-bond acceptors (Lipinski definition) is 6. The van der Waals surface area contributed by atoms with Crippen molar-refractivity contribution in [2.45, 2.75) is 18.9 Å². The highest BCUT2D eigenvalue weighted by molar-refractivity contribution is 6.30. The molecular formula is C22H17ClN6O3. The predicted octanol–water partition coefficient (Wildman–Crippen LogP) is 2.92. The zero-order valence-corrected chi connectivity index (χ0v) is 17.4. The lowest BCUT2D eigenvalue weighted by atomic mass is 10.1. The molecule has 2 amide bonds. The van der Waals surface area contributed by atoms with E-state index in [1.807, 2.05) is 6.07 Å². The number of nitrogens with one attached hydrogen (secondary N) is 4. The SMILES string of the molecule is N#Cc1c(-c2cccc(NC(=O)C3CCC(=O)N3)c2)nc(Nc2ccc(Cl)cc2)[nH]c1=O. The molecule has 1 aliphatic rings. The van der Waals surface area contributed by atoms with Crippen molar-refractivity contribution >= 4 is 40.7 Å². The summed E-state index contributed by atoms with van der Waals surface area (Å²) in [6.07, 6.45) is 0.738. The Kier molecular flexibility index (Phi) is 5.87. The highest BCUT2D eigenvalue weighted by Crippen LogP contribution is 2.25. The molecule has 9 nitrogen and oxygen atoms in total. The lowest BCUT2D eigenvalue weighted by Crippen LogP contribution is -2.37. The van der Waals surface area contributed by atoms with Crippen molar-refractivity contribution in [2.24, 2.45) is 0 Å². The zero-order chi connectivity index (χ0) is 22.7. The maximum Gasteiger partial charge on any atom is 0.270 e. The van der Waals surface area contributed by atoms with Gasteiger partial charge in [0.25, 0.3) is 5.56 Å². The van der Waals surface area contributed by atoms with Crippen LogP contribution < -0.4 is 21.5 Å². The molecule has 4 rings (SSSR count). The van der Waals surface area contributed by atoms with E-state index in [-0.39, 0.29) is 29.0 Å². The fourth-order valence-electron chi connectivity index (χ4n) is 3.30. The molecule has 0 spiro atoms. The number of carbonyl (C=O) groups is 2. The van der Waals surface area contributed by atoms with Crippen LogP contribution in [0.1, 0.15) is 18.4 Å². The van der Waals surface area contributed by atoms with Crippen LogP contribution >= 0.6 is 11.6 Å². The summed E-state index contributed by atoms with van der Waals surface area (Å²) in [6, 6.07) is 14.8. The van der Waals surface area contributed by atoms with Crippen LogP contribution in [-0.4, -0.2) is 27.8 Å². The molecule has 1 atom stereocenters. The van der Waals surface area contributed by atoms with Gasteiger partial charge < -0.3 is 16.0 Å². The van der Waals surface area contributed by atoms with Crippen molar-refractivity contribution in [1.29, 1.82) is 5.26 Å². The number of halogens is 1. The number of amides is 2. The number of nitrogens with zero attached hydrogens (tertiary/aromatic N) is 2. The molecule has 3 aromatic rings. The van der Waals surface area contributed by atoms with Gasteiger partial charge in [0.05, 0.1) is 5.69 Å². The Morgan fingerprint density at radius 3 is 2.62 bits per heavy atom. The third-order valence-corrected chi connectivity index (χ3v) is 5.11. The van der Waals surface area contributed by atoms with E-state index in [9.17, 15) is 19.6 Å². The number of hydrogen-bond donors (Lipinski definition) is 4. The summed E-state index contributed by atoms with van der Waals surface area (Å²) < 4.78 is 0. The van der Waals surface area contributed by atoms with Crippen molar-refractivity contribution in [3.05, 3.63) is 69.5 Å². The molecule has 1 fully saturated rings. The Morgan fingerprint density at radius 2 is 1.94 bits per heavy atom. The van der Waals surface area contributed by atoms with Gasteiger partial charge in [-0.2, -0.15) is 5.26 Å². The van der Waals surface area contributed by atoms with E-state index in [0.29, 0.717) is 34.8 Å². The van der Waals surface area contributed by atoms with Crippen LogP contribution in [0.15, 0.2) is 53.3 Å². The molecule has 1 aromatic heterocycles. The second-order valence-corrected chi connectivity index (χ2v) is 7.55. The monoisotopic (exact) mass is 448 g/mol. The Bertz CT molecular complexity index is 1300. The van der Waals surface area contributed by atoms with Crippen LogP contribution in [0.3, 0.4) is 0 Å². The summed E-state index contributed by atoms with van der Waals surface area (Å²) in [5.41, 5.74) is 0.980. The molecule has 0 aliphatic carbocycles. The minimum Gasteiger partial charge on any atom is -0.344 e. The smallest absolute Gasteiger partial charge is 0.270 e. The Morgan fingerprint density at radius 1 is 1.16 bits per heavy atom. The molecule has 1 saturated heterocycles. The number of H-pyrrole nitrogens is 1. The second kappa shape index (κ2) is 8.91. The number of nitriles is 1. The number of rotatable bonds is 5. The van der Waals surface area contributed by atoms with E-state index in [4.69, 9.17) is 11.6 Å². The molecular weight excluding hydrogens is 432 g/mol. The first kappa shape index (κ1) is 21.1.